The summed E-state index contributed by atoms with van der Waals surface area (Å²) in [5.41, 5.74) is 0.271. The van der Waals surface area contributed by atoms with Crippen molar-refractivity contribution in [3.63, 3.8) is 0 Å². The number of halogens is 1. The molecule has 0 unspecified atom stereocenters. The number of rotatable bonds is 4. The Labute approximate surface area is 129 Å². The SMILES string of the molecule is CCNC(=O)c1ccc(Cl)c(S(=O)(=O)N2CCOCC2)c1. The third kappa shape index (κ3) is 3.55. The van der Waals surface area contributed by atoms with Crippen LogP contribution in [-0.4, -0.2) is 51.5 Å². The minimum atomic E-state index is -3.72. The first-order valence-electron chi connectivity index (χ1n) is 6.62. The third-order valence-electron chi connectivity index (χ3n) is 3.12. The van der Waals surface area contributed by atoms with Gasteiger partial charge in [-0.2, -0.15) is 4.31 Å². The number of benzene rings is 1. The summed E-state index contributed by atoms with van der Waals surface area (Å²) < 4.78 is 31.7. The minimum absolute atomic E-state index is 0.0465. The molecule has 1 aliphatic heterocycles. The summed E-state index contributed by atoms with van der Waals surface area (Å²) in [5.74, 6) is -0.326. The summed E-state index contributed by atoms with van der Waals surface area (Å²) in [6.45, 7) is 3.53. The van der Waals surface area contributed by atoms with E-state index in [1.54, 1.807) is 6.92 Å². The highest BCUT2D eigenvalue weighted by atomic mass is 35.5. The first kappa shape index (κ1) is 16.2. The molecular formula is C13H17ClN2O4S. The van der Waals surface area contributed by atoms with Gasteiger partial charge in [-0.15, -0.1) is 0 Å². The predicted octanol–water partition coefficient (Wildman–Crippen LogP) is 1.11. The molecule has 0 bridgehead atoms. The van der Waals surface area contributed by atoms with Crippen molar-refractivity contribution < 1.29 is 17.9 Å². The van der Waals surface area contributed by atoms with Gasteiger partial charge in [0.1, 0.15) is 4.90 Å². The number of carbonyl (C=O) groups is 1. The van der Waals surface area contributed by atoms with Gasteiger partial charge in [0.05, 0.1) is 18.2 Å². The van der Waals surface area contributed by atoms with E-state index in [9.17, 15) is 13.2 Å². The van der Waals surface area contributed by atoms with Crippen LogP contribution in [0.3, 0.4) is 0 Å². The molecule has 0 atom stereocenters. The van der Waals surface area contributed by atoms with Crippen molar-refractivity contribution in [2.24, 2.45) is 0 Å². The van der Waals surface area contributed by atoms with Gasteiger partial charge in [-0.25, -0.2) is 8.42 Å². The lowest BCUT2D eigenvalue weighted by Crippen LogP contribution is -2.40. The van der Waals surface area contributed by atoms with Crippen LogP contribution >= 0.6 is 11.6 Å². The van der Waals surface area contributed by atoms with Gasteiger partial charge >= 0.3 is 0 Å². The van der Waals surface area contributed by atoms with Gasteiger partial charge in [0.25, 0.3) is 5.91 Å². The smallest absolute Gasteiger partial charge is 0.251 e. The van der Waals surface area contributed by atoms with Gasteiger partial charge in [0.2, 0.25) is 10.0 Å². The van der Waals surface area contributed by atoms with Crippen molar-refractivity contribution in [2.45, 2.75) is 11.8 Å². The average Bonchev–Trinajstić information content (AvgIpc) is 2.48. The fourth-order valence-electron chi connectivity index (χ4n) is 2.03. The Hall–Kier alpha value is -1.15. The van der Waals surface area contributed by atoms with E-state index in [1.165, 1.54) is 22.5 Å². The molecule has 0 spiro atoms. The van der Waals surface area contributed by atoms with E-state index in [4.69, 9.17) is 16.3 Å². The Bertz CT molecular complexity index is 627. The second-order valence-corrected chi connectivity index (χ2v) is 6.83. The van der Waals surface area contributed by atoms with Crippen LogP contribution in [0.4, 0.5) is 0 Å². The van der Waals surface area contributed by atoms with Crippen LogP contribution in [0.2, 0.25) is 5.02 Å². The number of sulfonamides is 1. The highest BCUT2D eigenvalue weighted by molar-refractivity contribution is 7.89. The molecule has 0 radical (unpaired) electrons. The number of ether oxygens (including phenoxy) is 1. The van der Waals surface area contributed by atoms with E-state index >= 15 is 0 Å². The number of amides is 1. The van der Waals surface area contributed by atoms with Crippen LogP contribution in [0.15, 0.2) is 23.1 Å². The first-order chi connectivity index (χ1) is 9.96. The van der Waals surface area contributed by atoms with Crippen LogP contribution in [0.1, 0.15) is 17.3 Å². The zero-order valence-electron chi connectivity index (χ0n) is 11.6. The molecule has 1 amide bonds. The molecule has 0 aliphatic carbocycles. The molecule has 6 nitrogen and oxygen atoms in total. The van der Waals surface area contributed by atoms with Gasteiger partial charge in [-0.1, -0.05) is 11.6 Å². The van der Waals surface area contributed by atoms with E-state index in [2.05, 4.69) is 5.32 Å². The molecule has 0 saturated carbocycles. The molecule has 1 heterocycles. The predicted molar refractivity (Wildman–Crippen MR) is 79.0 cm³/mol. The molecule has 1 aromatic carbocycles. The highest BCUT2D eigenvalue weighted by Crippen LogP contribution is 2.26. The molecule has 8 heteroatoms. The molecule has 1 aromatic rings. The largest absolute Gasteiger partial charge is 0.379 e. The quantitative estimate of drug-likeness (QED) is 0.896. The van der Waals surface area contributed by atoms with Crippen molar-refractivity contribution in [2.75, 3.05) is 32.8 Å². The maximum atomic E-state index is 12.6. The Morgan fingerprint density at radius 3 is 2.67 bits per heavy atom. The monoisotopic (exact) mass is 332 g/mol. The average molecular weight is 333 g/mol. The fraction of sp³-hybridized carbons (Fsp3) is 0.462. The topological polar surface area (TPSA) is 75.7 Å². The van der Waals surface area contributed by atoms with E-state index in [1.807, 2.05) is 0 Å². The van der Waals surface area contributed by atoms with Crippen LogP contribution in [0.5, 0.6) is 0 Å². The minimum Gasteiger partial charge on any atom is -0.379 e. The highest BCUT2D eigenvalue weighted by Gasteiger charge is 2.29. The maximum Gasteiger partial charge on any atom is 0.251 e. The van der Waals surface area contributed by atoms with Crippen molar-refractivity contribution >= 4 is 27.5 Å². The molecule has 1 aliphatic rings. The second kappa shape index (κ2) is 6.74. The van der Waals surface area contributed by atoms with Gasteiger partial charge in [-0.05, 0) is 25.1 Å². The standard InChI is InChI=1S/C13H17ClN2O4S/c1-2-15-13(17)10-3-4-11(14)12(9-10)21(18,19)16-5-7-20-8-6-16/h3-4,9H,2,5-8H2,1H3,(H,15,17). The van der Waals surface area contributed by atoms with E-state index in [0.29, 0.717) is 19.8 Å². The Morgan fingerprint density at radius 2 is 2.05 bits per heavy atom. The summed E-state index contributed by atoms with van der Waals surface area (Å²) in [5, 5.41) is 2.74. The van der Waals surface area contributed by atoms with Crippen molar-refractivity contribution in [1.82, 2.24) is 9.62 Å². The number of hydrogen-bond acceptors (Lipinski definition) is 4. The summed E-state index contributed by atoms with van der Waals surface area (Å²) in [6.07, 6.45) is 0. The summed E-state index contributed by atoms with van der Waals surface area (Å²) >= 11 is 6.01. The first-order valence-corrected chi connectivity index (χ1v) is 8.44. The lowest BCUT2D eigenvalue weighted by molar-refractivity contribution is 0.0730. The lowest BCUT2D eigenvalue weighted by atomic mass is 10.2. The maximum absolute atomic E-state index is 12.6. The van der Waals surface area contributed by atoms with Gasteiger partial charge in [-0.3, -0.25) is 4.79 Å². The van der Waals surface area contributed by atoms with Gasteiger partial charge in [0.15, 0.2) is 0 Å². The zero-order chi connectivity index (χ0) is 15.5. The number of carbonyl (C=O) groups excluding carboxylic acids is 1. The van der Waals surface area contributed by atoms with Crippen LogP contribution in [-0.2, 0) is 14.8 Å². The van der Waals surface area contributed by atoms with Crippen LogP contribution in [0, 0.1) is 0 Å². The molecule has 1 saturated heterocycles. The molecule has 1 fully saturated rings. The Kier molecular flexibility index (Phi) is 5.21. The number of nitrogens with zero attached hydrogens (tertiary/aromatic N) is 1. The fourth-order valence-corrected chi connectivity index (χ4v) is 3.94. The summed E-state index contributed by atoms with van der Waals surface area (Å²) in [6, 6.07) is 4.25. The summed E-state index contributed by atoms with van der Waals surface area (Å²) in [7, 11) is -3.72. The molecule has 0 aromatic heterocycles. The van der Waals surface area contributed by atoms with Crippen molar-refractivity contribution in [3.8, 4) is 0 Å². The Balaban J connectivity index is 2.37. The molecule has 1 N–H and O–H groups in total. The second-order valence-electron chi connectivity index (χ2n) is 4.52. The van der Waals surface area contributed by atoms with Gasteiger partial charge < -0.3 is 10.1 Å². The normalized spacial score (nSPS) is 16.7. The van der Waals surface area contributed by atoms with E-state index in [-0.39, 0.29) is 34.5 Å². The van der Waals surface area contributed by atoms with Crippen LogP contribution < -0.4 is 5.32 Å². The van der Waals surface area contributed by atoms with Crippen molar-refractivity contribution in [3.05, 3.63) is 28.8 Å². The van der Waals surface area contributed by atoms with E-state index < -0.39 is 10.0 Å². The lowest BCUT2D eigenvalue weighted by Gasteiger charge is -2.26. The molecule has 21 heavy (non-hydrogen) atoms. The number of nitrogens with one attached hydrogen (secondary N) is 1. The van der Waals surface area contributed by atoms with Gasteiger partial charge in [0, 0.05) is 25.2 Å². The molecule has 2 rings (SSSR count). The summed E-state index contributed by atoms with van der Waals surface area (Å²) in [4.78, 5) is 11.8. The van der Waals surface area contributed by atoms with Crippen molar-refractivity contribution in [1.29, 1.82) is 0 Å². The zero-order valence-corrected chi connectivity index (χ0v) is 13.2. The third-order valence-corrected chi connectivity index (χ3v) is 5.50. The molecule has 116 valence electrons. The Morgan fingerprint density at radius 1 is 1.38 bits per heavy atom. The van der Waals surface area contributed by atoms with Crippen LogP contribution in [0.25, 0.3) is 0 Å². The van der Waals surface area contributed by atoms with E-state index in [0.717, 1.165) is 0 Å². The number of morpholine rings is 1. The number of hydrogen-bond donors (Lipinski definition) is 1. The molecular weight excluding hydrogens is 316 g/mol.